The lowest BCUT2D eigenvalue weighted by atomic mass is 9.75. The normalized spacial score (nSPS) is 17.5. The zero-order valence-electron chi connectivity index (χ0n) is 21.0. The molecule has 1 saturated carbocycles. The summed E-state index contributed by atoms with van der Waals surface area (Å²) in [6, 6.07) is 19.7. The molecule has 4 rings (SSSR count). The summed E-state index contributed by atoms with van der Waals surface area (Å²) >= 11 is 0. The number of hydrogen-bond donors (Lipinski definition) is 2. The number of aliphatic hydroxyl groups is 1. The Balaban J connectivity index is 1.61. The van der Waals surface area contributed by atoms with Gasteiger partial charge in [0.25, 0.3) is 0 Å². The lowest BCUT2D eigenvalue weighted by Crippen LogP contribution is -2.16. The van der Waals surface area contributed by atoms with Crippen LogP contribution >= 0.6 is 0 Å². The molecule has 0 amide bonds. The number of carbonyl (C=O) groups is 1. The van der Waals surface area contributed by atoms with Gasteiger partial charge in [0.15, 0.2) is 0 Å². The third-order valence-electron chi connectivity index (χ3n) is 7.14. The number of hydrogen-bond acceptors (Lipinski definition) is 4. The molecule has 7 heteroatoms. The van der Waals surface area contributed by atoms with Crippen LogP contribution in [0.4, 0.5) is 8.78 Å². The molecule has 2 N–H and O–H groups in total. The predicted octanol–water partition coefficient (Wildman–Crippen LogP) is 7.34. The van der Waals surface area contributed by atoms with Crippen molar-refractivity contribution in [2.24, 2.45) is 5.41 Å². The molecule has 0 radical (unpaired) electrons. The third-order valence-corrected chi connectivity index (χ3v) is 7.14. The van der Waals surface area contributed by atoms with Gasteiger partial charge in [-0.25, -0.2) is 0 Å². The fraction of sp³-hybridized carbons (Fsp3) is 0.367. The Kier molecular flexibility index (Phi) is 8.13. The minimum atomic E-state index is -2.88. The van der Waals surface area contributed by atoms with Crippen LogP contribution in [0.15, 0.2) is 66.7 Å². The molecule has 1 fully saturated rings. The van der Waals surface area contributed by atoms with Crippen LogP contribution in [-0.4, -0.2) is 22.8 Å². The first-order valence-electron chi connectivity index (χ1n) is 12.4. The van der Waals surface area contributed by atoms with Gasteiger partial charge in [-0.2, -0.15) is 8.78 Å². The number of aliphatic carboxylic acids is 1. The van der Waals surface area contributed by atoms with E-state index in [0.29, 0.717) is 17.2 Å². The van der Waals surface area contributed by atoms with E-state index < -0.39 is 18.7 Å². The predicted molar refractivity (Wildman–Crippen MR) is 137 cm³/mol. The van der Waals surface area contributed by atoms with Crippen molar-refractivity contribution < 1.29 is 33.3 Å². The molecule has 0 spiro atoms. The number of aliphatic hydroxyl groups excluding tert-OH is 1. The quantitative estimate of drug-likeness (QED) is 0.299. The van der Waals surface area contributed by atoms with Crippen molar-refractivity contribution in [3.63, 3.8) is 0 Å². The molecule has 0 bridgehead atoms. The minimum Gasteiger partial charge on any atom is -0.489 e. The van der Waals surface area contributed by atoms with Crippen LogP contribution in [0, 0.1) is 5.41 Å². The van der Waals surface area contributed by atoms with Crippen molar-refractivity contribution >= 4 is 5.97 Å². The second kappa shape index (κ2) is 11.3. The summed E-state index contributed by atoms with van der Waals surface area (Å²) in [5.41, 5.74) is 4.50. The third kappa shape index (κ3) is 6.66. The maximum atomic E-state index is 12.8. The molecule has 0 aliphatic heterocycles. The van der Waals surface area contributed by atoms with Crippen LogP contribution in [0.25, 0.3) is 11.1 Å². The van der Waals surface area contributed by atoms with Gasteiger partial charge in [0.05, 0.1) is 12.5 Å². The summed E-state index contributed by atoms with van der Waals surface area (Å²) in [5, 5.41) is 19.1. The highest BCUT2D eigenvalue weighted by Gasteiger charge is 2.36. The first-order chi connectivity index (χ1) is 17.6. The number of halogens is 2. The highest BCUT2D eigenvalue weighted by Crippen LogP contribution is 2.51. The van der Waals surface area contributed by atoms with E-state index in [9.17, 15) is 18.7 Å². The molecule has 5 nitrogen and oxygen atoms in total. The molecule has 1 aliphatic rings. The van der Waals surface area contributed by atoms with E-state index in [1.54, 1.807) is 36.4 Å². The molecule has 196 valence electrons. The Morgan fingerprint density at radius 3 is 2.51 bits per heavy atom. The fourth-order valence-electron chi connectivity index (χ4n) is 5.26. The van der Waals surface area contributed by atoms with Crippen molar-refractivity contribution in [2.45, 2.75) is 64.8 Å². The number of alkyl halides is 2. The van der Waals surface area contributed by atoms with E-state index in [-0.39, 0.29) is 24.2 Å². The maximum absolute atomic E-state index is 12.8. The number of carboxylic acids is 1. The van der Waals surface area contributed by atoms with Gasteiger partial charge in [-0.1, -0.05) is 62.7 Å². The topological polar surface area (TPSA) is 76.0 Å². The van der Waals surface area contributed by atoms with E-state index in [1.807, 2.05) is 18.2 Å². The Labute approximate surface area is 215 Å². The van der Waals surface area contributed by atoms with Gasteiger partial charge in [-0.3, -0.25) is 4.79 Å². The Morgan fingerprint density at radius 2 is 1.81 bits per heavy atom. The van der Waals surface area contributed by atoms with E-state index in [0.717, 1.165) is 41.5 Å². The first-order valence-corrected chi connectivity index (χ1v) is 12.4. The standard InChI is InChI=1S/C30H32F2O5/c1-30(2)13-5-10-26(30)25-14-19(11-12-24(25)20-6-3-9-23(15-20)37-29(31)32)18-36-22-8-4-7-21(16-22)27(33)17-28(34)35/h3-4,6-9,11-12,14-16,26-27,29,33H,5,10,13,17-18H2,1-2H3,(H,34,35)/t26-,27-/m1/s1. The second-order valence-electron chi connectivity index (χ2n) is 10.2. The Hall–Kier alpha value is -3.45. The van der Waals surface area contributed by atoms with Crippen LogP contribution in [0.3, 0.4) is 0 Å². The number of carboxylic acid groups (broad SMARTS) is 1. The molecule has 0 aromatic heterocycles. The lowest BCUT2D eigenvalue weighted by molar-refractivity contribution is -0.139. The van der Waals surface area contributed by atoms with Gasteiger partial charge in [-0.15, -0.1) is 0 Å². The highest BCUT2D eigenvalue weighted by molar-refractivity contribution is 5.70. The van der Waals surface area contributed by atoms with Crippen LogP contribution in [0.5, 0.6) is 11.5 Å². The van der Waals surface area contributed by atoms with Crippen molar-refractivity contribution in [3.05, 3.63) is 83.4 Å². The molecule has 3 aromatic carbocycles. The van der Waals surface area contributed by atoms with E-state index in [4.69, 9.17) is 9.84 Å². The van der Waals surface area contributed by atoms with Crippen molar-refractivity contribution in [3.8, 4) is 22.6 Å². The van der Waals surface area contributed by atoms with E-state index in [1.165, 1.54) is 6.07 Å². The van der Waals surface area contributed by atoms with Crippen LogP contribution in [0.1, 0.15) is 68.2 Å². The Morgan fingerprint density at radius 1 is 1.05 bits per heavy atom. The lowest BCUT2D eigenvalue weighted by Gasteiger charge is -2.30. The molecule has 0 unspecified atom stereocenters. The SMILES string of the molecule is CC1(C)CCC[C@@H]1c1cc(COc2cccc([C@H](O)CC(=O)O)c2)ccc1-c1cccc(OC(F)F)c1. The van der Waals surface area contributed by atoms with Gasteiger partial charge >= 0.3 is 12.6 Å². The summed E-state index contributed by atoms with van der Waals surface area (Å²) in [6.45, 7) is 1.93. The molecule has 37 heavy (non-hydrogen) atoms. The largest absolute Gasteiger partial charge is 0.489 e. The summed E-state index contributed by atoms with van der Waals surface area (Å²) in [5.74, 6) is -0.115. The minimum absolute atomic E-state index is 0.0971. The zero-order chi connectivity index (χ0) is 26.6. The van der Waals surface area contributed by atoms with Crippen molar-refractivity contribution in [1.29, 1.82) is 0 Å². The molecule has 3 aromatic rings. The number of benzene rings is 3. The summed E-state index contributed by atoms with van der Waals surface area (Å²) in [7, 11) is 0. The summed E-state index contributed by atoms with van der Waals surface area (Å²) in [6.07, 6.45) is 1.78. The molecular weight excluding hydrogens is 478 g/mol. The van der Waals surface area contributed by atoms with Gasteiger partial charge in [-0.05, 0) is 76.3 Å². The first kappa shape index (κ1) is 26.6. The fourth-order valence-corrected chi connectivity index (χ4v) is 5.26. The molecule has 0 heterocycles. The second-order valence-corrected chi connectivity index (χ2v) is 10.2. The van der Waals surface area contributed by atoms with Gasteiger partial charge in [0, 0.05) is 0 Å². The molecule has 0 saturated heterocycles. The van der Waals surface area contributed by atoms with Crippen LogP contribution < -0.4 is 9.47 Å². The van der Waals surface area contributed by atoms with Crippen LogP contribution in [-0.2, 0) is 11.4 Å². The molecular formula is C30H32F2O5. The van der Waals surface area contributed by atoms with E-state index >= 15 is 0 Å². The van der Waals surface area contributed by atoms with Gasteiger partial charge in [0.2, 0.25) is 0 Å². The van der Waals surface area contributed by atoms with E-state index in [2.05, 4.69) is 24.7 Å². The average Bonchev–Trinajstić information content (AvgIpc) is 3.21. The van der Waals surface area contributed by atoms with Crippen molar-refractivity contribution in [2.75, 3.05) is 0 Å². The summed E-state index contributed by atoms with van der Waals surface area (Å²) in [4.78, 5) is 10.9. The zero-order valence-corrected chi connectivity index (χ0v) is 21.0. The van der Waals surface area contributed by atoms with Crippen LogP contribution in [0.2, 0.25) is 0 Å². The molecule has 2 atom stereocenters. The smallest absolute Gasteiger partial charge is 0.387 e. The summed E-state index contributed by atoms with van der Waals surface area (Å²) < 4.78 is 36.3. The maximum Gasteiger partial charge on any atom is 0.387 e. The van der Waals surface area contributed by atoms with Gasteiger partial charge in [0.1, 0.15) is 18.1 Å². The monoisotopic (exact) mass is 510 g/mol. The highest BCUT2D eigenvalue weighted by atomic mass is 19.3. The molecule has 1 aliphatic carbocycles. The average molecular weight is 511 g/mol. The van der Waals surface area contributed by atoms with Crippen molar-refractivity contribution in [1.82, 2.24) is 0 Å². The number of rotatable bonds is 10. The Bertz CT molecular complexity index is 1240. The number of ether oxygens (including phenoxy) is 2. The van der Waals surface area contributed by atoms with Gasteiger partial charge < -0.3 is 19.7 Å².